The highest BCUT2D eigenvalue weighted by Gasteiger charge is 2.15. The van der Waals surface area contributed by atoms with E-state index in [2.05, 4.69) is 53.2 Å². The highest BCUT2D eigenvalue weighted by atomic mass is 32.2. The van der Waals surface area contributed by atoms with E-state index in [1.807, 2.05) is 29.6 Å². The maximum Gasteiger partial charge on any atom is 0.276 e. The number of rotatable bonds is 7. The van der Waals surface area contributed by atoms with Gasteiger partial charge in [-0.2, -0.15) is 4.98 Å². The van der Waals surface area contributed by atoms with E-state index in [-0.39, 0.29) is 5.41 Å². The number of aromatic nitrogens is 4. The number of hydrogen-bond acceptors (Lipinski definition) is 8. The normalized spacial score (nSPS) is 11.8. The lowest BCUT2D eigenvalue weighted by Gasteiger charge is -2.18. The largest absolute Gasteiger partial charge is 0.411 e. The summed E-state index contributed by atoms with van der Waals surface area (Å²) in [5.41, 5.74) is 2.33. The molecule has 0 aliphatic rings. The lowest BCUT2D eigenvalue weighted by atomic mass is 9.87. The first-order valence-electron chi connectivity index (χ1n) is 9.43. The van der Waals surface area contributed by atoms with Gasteiger partial charge in [0.05, 0.1) is 4.88 Å². The standard InChI is InChI=1S/C21H22N4O2S2/c1-21(2,3)15-10-8-14(9-11-15)19-23-24-20(26-19)29-13-5-7-17-22-18(25-27-17)16-6-4-12-28-16/h4,6,8-12H,5,7,13H2,1-3H3. The molecule has 0 unspecified atom stereocenters. The monoisotopic (exact) mass is 426 g/mol. The number of benzene rings is 1. The van der Waals surface area contributed by atoms with Crippen LogP contribution >= 0.6 is 23.1 Å². The first-order valence-corrected chi connectivity index (χ1v) is 11.3. The summed E-state index contributed by atoms with van der Waals surface area (Å²) in [6.45, 7) is 6.59. The summed E-state index contributed by atoms with van der Waals surface area (Å²) in [4.78, 5) is 5.45. The van der Waals surface area contributed by atoms with Crippen LogP contribution in [0.15, 0.2) is 55.9 Å². The molecule has 0 saturated carbocycles. The molecule has 0 radical (unpaired) electrons. The van der Waals surface area contributed by atoms with Crippen molar-refractivity contribution in [3.8, 4) is 22.2 Å². The summed E-state index contributed by atoms with van der Waals surface area (Å²) in [5.74, 6) is 2.69. The van der Waals surface area contributed by atoms with Crippen LogP contribution in [-0.4, -0.2) is 26.1 Å². The summed E-state index contributed by atoms with van der Waals surface area (Å²) in [5, 5.41) is 14.9. The molecule has 0 spiro atoms. The van der Waals surface area contributed by atoms with Crippen LogP contribution in [0.5, 0.6) is 0 Å². The van der Waals surface area contributed by atoms with Gasteiger partial charge in [-0.1, -0.05) is 55.9 Å². The molecule has 0 aliphatic carbocycles. The zero-order valence-corrected chi connectivity index (χ0v) is 18.2. The molecule has 6 nitrogen and oxygen atoms in total. The summed E-state index contributed by atoms with van der Waals surface area (Å²) < 4.78 is 11.1. The molecule has 4 rings (SSSR count). The van der Waals surface area contributed by atoms with E-state index in [4.69, 9.17) is 8.94 Å². The van der Waals surface area contributed by atoms with Crippen LogP contribution < -0.4 is 0 Å². The Morgan fingerprint density at radius 3 is 2.62 bits per heavy atom. The Labute approximate surface area is 177 Å². The van der Waals surface area contributed by atoms with Crippen molar-refractivity contribution in [2.24, 2.45) is 0 Å². The van der Waals surface area contributed by atoms with E-state index in [1.54, 1.807) is 11.3 Å². The highest BCUT2D eigenvalue weighted by molar-refractivity contribution is 7.99. The van der Waals surface area contributed by atoms with Crippen LogP contribution in [0, 0.1) is 0 Å². The van der Waals surface area contributed by atoms with Gasteiger partial charge in [0.1, 0.15) is 0 Å². The molecule has 0 bridgehead atoms. The van der Waals surface area contributed by atoms with Gasteiger partial charge < -0.3 is 8.94 Å². The third kappa shape index (κ3) is 4.94. The van der Waals surface area contributed by atoms with E-state index in [9.17, 15) is 0 Å². The Balaban J connectivity index is 1.28. The van der Waals surface area contributed by atoms with Crippen molar-refractivity contribution in [3.63, 3.8) is 0 Å². The second-order valence-electron chi connectivity index (χ2n) is 7.64. The highest BCUT2D eigenvalue weighted by Crippen LogP contribution is 2.27. The van der Waals surface area contributed by atoms with E-state index in [1.165, 1.54) is 17.3 Å². The molecule has 0 N–H and O–H groups in total. The number of thioether (sulfide) groups is 1. The van der Waals surface area contributed by atoms with Gasteiger partial charge in [0.25, 0.3) is 5.22 Å². The molecular weight excluding hydrogens is 404 g/mol. The summed E-state index contributed by atoms with van der Waals surface area (Å²) in [6, 6.07) is 12.2. The minimum Gasteiger partial charge on any atom is -0.411 e. The van der Waals surface area contributed by atoms with E-state index in [0.717, 1.165) is 29.0 Å². The Morgan fingerprint density at radius 2 is 1.90 bits per heavy atom. The second kappa shape index (κ2) is 8.51. The van der Waals surface area contributed by atoms with Crippen LogP contribution in [-0.2, 0) is 11.8 Å². The van der Waals surface area contributed by atoms with Gasteiger partial charge in [-0.25, -0.2) is 0 Å². The van der Waals surface area contributed by atoms with Crippen molar-refractivity contribution in [2.75, 3.05) is 5.75 Å². The van der Waals surface area contributed by atoms with Crippen molar-refractivity contribution in [3.05, 3.63) is 53.2 Å². The zero-order chi connectivity index (χ0) is 20.3. The van der Waals surface area contributed by atoms with Crippen molar-refractivity contribution < 1.29 is 8.94 Å². The van der Waals surface area contributed by atoms with Crippen LogP contribution in [0.25, 0.3) is 22.2 Å². The van der Waals surface area contributed by atoms with Crippen molar-refractivity contribution in [1.29, 1.82) is 0 Å². The molecule has 0 aliphatic heterocycles. The molecule has 3 heterocycles. The second-order valence-corrected chi connectivity index (χ2v) is 9.64. The molecule has 4 aromatic rings. The average molecular weight is 427 g/mol. The predicted molar refractivity (Wildman–Crippen MR) is 115 cm³/mol. The SMILES string of the molecule is CC(C)(C)c1ccc(-c2nnc(SCCCc3nc(-c4cccs4)no3)o2)cc1. The Hall–Kier alpha value is -2.45. The molecule has 0 fully saturated rings. The van der Waals surface area contributed by atoms with Crippen LogP contribution in [0.3, 0.4) is 0 Å². The van der Waals surface area contributed by atoms with E-state index < -0.39 is 0 Å². The smallest absolute Gasteiger partial charge is 0.276 e. The lowest BCUT2D eigenvalue weighted by molar-refractivity contribution is 0.378. The Bertz CT molecular complexity index is 1050. The predicted octanol–water partition coefficient (Wildman–Crippen LogP) is 5.87. The van der Waals surface area contributed by atoms with Gasteiger partial charge in [-0.3, -0.25) is 0 Å². The molecular formula is C21H22N4O2S2. The van der Waals surface area contributed by atoms with Gasteiger partial charge in [-0.15, -0.1) is 21.5 Å². The maximum atomic E-state index is 5.79. The number of aryl methyl sites for hydroxylation is 1. The molecule has 0 atom stereocenters. The zero-order valence-electron chi connectivity index (χ0n) is 16.6. The molecule has 0 saturated heterocycles. The van der Waals surface area contributed by atoms with Crippen LogP contribution in [0.4, 0.5) is 0 Å². The molecule has 8 heteroatoms. The molecule has 29 heavy (non-hydrogen) atoms. The van der Waals surface area contributed by atoms with E-state index in [0.29, 0.717) is 22.8 Å². The minimum atomic E-state index is 0.122. The number of nitrogens with zero attached hydrogens (tertiary/aromatic N) is 4. The average Bonchev–Trinajstić information content (AvgIpc) is 3.46. The minimum absolute atomic E-state index is 0.122. The molecule has 3 aromatic heterocycles. The maximum absolute atomic E-state index is 5.79. The van der Waals surface area contributed by atoms with Gasteiger partial charge >= 0.3 is 0 Å². The Morgan fingerprint density at radius 1 is 1.07 bits per heavy atom. The number of hydrogen-bond donors (Lipinski definition) is 0. The Kier molecular flexibility index (Phi) is 5.82. The quantitative estimate of drug-likeness (QED) is 0.270. The third-order valence-electron chi connectivity index (χ3n) is 4.37. The first kappa shape index (κ1) is 19.8. The summed E-state index contributed by atoms with van der Waals surface area (Å²) in [7, 11) is 0. The van der Waals surface area contributed by atoms with Crippen molar-refractivity contribution in [1.82, 2.24) is 20.3 Å². The fraction of sp³-hybridized carbons (Fsp3) is 0.333. The molecule has 1 aromatic carbocycles. The lowest BCUT2D eigenvalue weighted by Crippen LogP contribution is -2.10. The number of thiophene rings is 1. The third-order valence-corrected chi connectivity index (χ3v) is 6.15. The summed E-state index contributed by atoms with van der Waals surface area (Å²) in [6.07, 6.45) is 1.61. The van der Waals surface area contributed by atoms with Gasteiger partial charge in [0, 0.05) is 17.7 Å². The van der Waals surface area contributed by atoms with Crippen molar-refractivity contribution in [2.45, 2.75) is 44.3 Å². The van der Waals surface area contributed by atoms with Gasteiger partial charge in [-0.05, 0) is 41.0 Å². The fourth-order valence-electron chi connectivity index (χ4n) is 2.74. The molecule has 0 amide bonds. The topological polar surface area (TPSA) is 77.8 Å². The fourth-order valence-corrected chi connectivity index (χ4v) is 4.09. The molecule has 150 valence electrons. The van der Waals surface area contributed by atoms with Crippen LogP contribution in [0.1, 0.15) is 38.6 Å². The summed E-state index contributed by atoms with van der Waals surface area (Å²) >= 11 is 3.14. The van der Waals surface area contributed by atoms with Gasteiger partial charge in [0.15, 0.2) is 0 Å². The van der Waals surface area contributed by atoms with Crippen molar-refractivity contribution >= 4 is 23.1 Å². The van der Waals surface area contributed by atoms with E-state index >= 15 is 0 Å². The van der Waals surface area contributed by atoms with Gasteiger partial charge in [0.2, 0.25) is 17.6 Å². The first-order chi connectivity index (χ1) is 14.0. The van der Waals surface area contributed by atoms with Crippen LogP contribution in [0.2, 0.25) is 0 Å².